The van der Waals surface area contributed by atoms with E-state index in [4.69, 9.17) is 32.6 Å². The first-order valence-electron chi connectivity index (χ1n) is 13.5. The Morgan fingerprint density at radius 3 is 1.58 bits per heavy atom. The molecule has 0 radical (unpaired) electrons. The second kappa shape index (κ2) is 23.3. The molecule has 1 aromatic carbocycles. The molecule has 0 atom stereocenters. The molecule has 1 aromatic rings. The van der Waals surface area contributed by atoms with Crippen LogP contribution in [0.15, 0.2) is 29.2 Å². The summed E-state index contributed by atoms with van der Waals surface area (Å²) in [5.74, 6) is -0.160. The maximum Gasteiger partial charge on any atom is 0.305 e. The Kier molecular flexibility index (Phi) is 21.1. The molecule has 0 bridgehead atoms. The Morgan fingerprint density at radius 1 is 0.632 bits per heavy atom. The van der Waals surface area contributed by atoms with Gasteiger partial charge in [0.25, 0.3) is 10.1 Å². The van der Waals surface area contributed by atoms with Gasteiger partial charge in [0.15, 0.2) is 0 Å². The van der Waals surface area contributed by atoms with Gasteiger partial charge in [0.05, 0.1) is 77.6 Å². The zero-order valence-electron chi connectivity index (χ0n) is 23.0. The van der Waals surface area contributed by atoms with E-state index < -0.39 is 10.1 Å². The van der Waals surface area contributed by atoms with Gasteiger partial charge in [0.2, 0.25) is 0 Å². The minimum Gasteiger partial charge on any atom is -0.463 e. The minimum absolute atomic E-state index is 0.0585. The predicted octanol–water partition coefficient (Wildman–Crippen LogP) is 3.69. The van der Waals surface area contributed by atoms with Crippen molar-refractivity contribution < 1.29 is 45.8 Å². The highest BCUT2D eigenvalue weighted by Crippen LogP contribution is 2.13. The molecule has 0 fully saturated rings. The quantitative estimate of drug-likeness (QED) is 0.0940. The predicted molar refractivity (Wildman–Crippen MR) is 143 cm³/mol. The zero-order valence-corrected chi connectivity index (χ0v) is 23.8. The smallest absolute Gasteiger partial charge is 0.305 e. The average molecular weight is 563 g/mol. The number of carbonyl (C=O) groups is 1. The summed E-state index contributed by atoms with van der Waals surface area (Å²) in [6.45, 7) is 8.09. The van der Waals surface area contributed by atoms with Crippen LogP contribution in [0.4, 0.5) is 0 Å². The number of ether oxygens (including phenoxy) is 6. The molecule has 10 nitrogen and oxygen atoms in total. The van der Waals surface area contributed by atoms with Crippen LogP contribution in [0.1, 0.15) is 51.0 Å². The van der Waals surface area contributed by atoms with E-state index in [9.17, 15) is 13.2 Å². The number of hydrogen-bond donors (Lipinski definition) is 0. The molecule has 0 unspecified atom stereocenters. The highest BCUT2D eigenvalue weighted by Gasteiger charge is 2.14. The van der Waals surface area contributed by atoms with Crippen LogP contribution < -0.4 is 0 Å². The fourth-order valence-corrected chi connectivity index (χ4v) is 4.01. The van der Waals surface area contributed by atoms with Crippen molar-refractivity contribution in [1.82, 2.24) is 0 Å². The Morgan fingerprint density at radius 2 is 1.08 bits per heavy atom. The molecular formula is C27H46O10S. The van der Waals surface area contributed by atoms with Crippen LogP contribution in [0, 0.1) is 6.92 Å². The third-order valence-corrected chi connectivity index (χ3v) is 6.57. The van der Waals surface area contributed by atoms with Gasteiger partial charge in [-0.3, -0.25) is 8.98 Å². The normalized spacial score (nSPS) is 11.6. The first-order chi connectivity index (χ1) is 18.5. The van der Waals surface area contributed by atoms with Crippen LogP contribution >= 0.6 is 0 Å². The third-order valence-electron chi connectivity index (χ3n) is 5.24. The zero-order chi connectivity index (χ0) is 27.7. The van der Waals surface area contributed by atoms with Gasteiger partial charge in [-0.2, -0.15) is 8.42 Å². The lowest BCUT2D eigenvalue weighted by Gasteiger charge is -2.09. The fraction of sp³-hybridized carbons (Fsp3) is 0.741. The van der Waals surface area contributed by atoms with Crippen LogP contribution in [0.3, 0.4) is 0 Å². The van der Waals surface area contributed by atoms with Crippen LogP contribution in [0.2, 0.25) is 0 Å². The Balaban J connectivity index is 1.78. The summed E-state index contributed by atoms with van der Waals surface area (Å²) in [7, 11) is -3.77. The number of rotatable bonds is 26. The Hall–Kier alpha value is -1.60. The summed E-state index contributed by atoms with van der Waals surface area (Å²) in [4.78, 5) is 11.7. The highest BCUT2D eigenvalue weighted by atomic mass is 32.2. The molecule has 220 valence electrons. The number of hydrogen-bond acceptors (Lipinski definition) is 10. The lowest BCUT2D eigenvalue weighted by atomic mass is 10.1. The molecule has 11 heteroatoms. The molecule has 0 saturated carbocycles. The number of benzene rings is 1. The summed E-state index contributed by atoms with van der Waals surface area (Å²) in [6, 6.07) is 6.47. The van der Waals surface area contributed by atoms with Gasteiger partial charge in [0, 0.05) is 6.42 Å². The number of esters is 1. The topological polar surface area (TPSA) is 116 Å². The number of carbonyl (C=O) groups excluding carboxylic acids is 1. The van der Waals surface area contributed by atoms with Crippen molar-refractivity contribution in [2.45, 2.75) is 57.3 Å². The van der Waals surface area contributed by atoms with E-state index >= 15 is 0 Å². The van der Waals surface area contributed by atoms with Crippen LogP contribution in [-0.4, -0.2) is 93.7 Å². The van der Waals surface area contributed by atoms with Crippen molar-refractivity contribution in [3.8, 4) is 0 Å². The Labute approximate surface area is 228 Å². The highest BCUT2D eigenvalue weighted by molar-refractivity contribution is 7.86. The molecule has 0 heterocycles. The maximum absolute atomic E-state index is 12.0. The van der Waals surface area contributed by atoms with Crippen molar-refractivity contribution in [1.29, 1.82) is 0 Å². The summed E-state index contributed by atoms with van der Waals surface area (Å²) in [5, 5.41) is 0. The van der Waals surface area contributed by atoms with Crippen LogP contribution in [-0.2, 0) is 47.5 Å². The average Bonchev–Trinajstić information content (AvgIpc) is 2.90. The molecule has 1 rings (SSSR count). The molecule has 0 aliphatic carbocycles. The summed E-state index contributed by atoms with van der Waals surface area (Å²) in [5.41, 5.74) is 0.976. The first-order valence-corrected chi connectivity index (χ1v) is 14.9. The first kappa shape index (κ1) is 34.4. The van der Waals surface area contributed by atoms with Gasteiger partial charge in [-0.25, -0.2) is 0 Å². The van der Waals surface area contributed by atoms with Crippen molar-refractivity contribution in [3.05, 3.63) is 29.8 Å². The van der Waals surface area contributed by atoms with Gasteiger partial charge in [-0.15, -0.1) is 0 Å². The van der Waals surface area contributed by atoms with Gasteiger partial charge in [0.1, 0.15) is 6.61 Å². The largest absolute Gasteiger partial charge is 0.463 e. The SMILES string of the molecule is CCCCCCCC(=O)OCCOCCOCCOCCOCCOCCOS(=O)(=O)c1ccc(C)cc1. The number of aryl methyl sites for hydroxylation is 1. The lowest BCUT2D eigenvalue weighted by Crippen LogP contribution is -2.15. The molecular weight excluding hydrogens is 516 g/mol. The van der Waals surface area contributed by atoms with E-state index in [1.165, 1.54) is 31.4 Å². The van der Waals surface area contributed by atoms with Crippen molar-refractivity contribution in [2.24, 2.45) is 0 Å². The van der Waals surface area contributed by atoms with Gasteiger partial charge >= 0.3 is 5.97 Å². The van der Waals surface area contributed by atoms with E-state index in [2.05, 4.69) is 6.92 Å². The molecule has 0 spiro atoms. The van der Waals surface area contributed by atoms with Crippen molar-refractivity contribution in [2.75, 3.05) is 79.3 Å². The van der Waals surface area contributed by atoms with Crippen LogP contribution in [0.25, 0.3) is 0 Å². The molecule has 0 aliphatic rings. The van der Waals surface area contributed by atoms with Crippen molar-refractivity contribution >= 4 is 16.1 Å². The van der Waals surface area contributed by atoms with E-state index in [0.717, 1.165) is 18.4 Å². The Bertz CT molecular complexity index is 799. The van der Waals surface area contributed by atoms with Gasteiger partial charge < -0.3 is 28.4 Å². The molecule has 0 saturated heterocycles. The van der Waals surface area contributed by atoms with Crippen molar-refractivity contribution in [3.63, 3.8) is 0 Å². The van der Waals surface area contributed by atoms with E-state index in [1.54, 1.807) is 12.1 Å². The summed E-state index contributed by atoms with van der Waals surface area (Å²) in [6.07, 6.45) is 6.02. The number of unbranched alkanes of at least 4 members (excludes halogenated alkanes) is 4. The molecule has 0 N–H and O–H groups in total. The van der Waals surface area contributed by atoms with E-state index in [0.29, 0.717) is 65.9 Å². The monoisotopic (exact) mass is 562 g/mol. The second-order valence-corrected chi connectivity index (χ2v) is 10.2. The standard InChI is InChI=1S/C27H46O10S/c1-3-4-5-6-7-8-27(28)36-23-21-34-19-17-32-15-13-31-14-16-33-18-20-35-22-24-37-38(29,30)26-11-9-25(2)10-12-26/h9-12H,3-8,13-24H2,1-2H3. The summed E-state index contributed by atoms with van der Waals surface area (Å²) >= 11 is 0. The summed E-state index contributed by atoms with van der Waals surface area (Å²) < 4.78 is 61.1. The van der Waals surface area contributed by atoms with E-state index in [1.807, 2.05) is 6.92 Å². The van der Waals surface area contributed by atoms with Gasteiger partial charge in [-0.05, 0) is 25.5 Å². The van der Waals surface area contributed by atoms with E-state index in [-0.39, 0.29) is 30.7 Å². The lowest BCUT2D eigenvalue weighted by molar-refractivity contribution is -0.145. The van der Waals surface area contributed by atoms with Gasteiger partial charge in [-0.1, -0.05) is 50.3 Å². The minimum atomic E-state index is -3.77. The molecule has 0 aliphatic heterocycles. The maximum atomic E-state index is 12.0. The second-order valence-electron chi connectivity index (χ2n) is 8.54. The third kappa shape index (κ3) is 19.5. The van der Waals surface area contributed by atoms with Crippen LogP contribution in [0.5, 0.6) is 0 Å². The fourth-order valence-electron chi connectivity index (χ4n) is 3.12. The molecule has 0 aromatic heterocycles. The molecule has 38 heavy (non-hydrogen) atoms. The molecule has 0 amide bonds.